The molecular formula is C15H30IN. The summed E-state index contributed by atoms with van der Waals surface area (Å²) < 4.78 is 0. The van der Waals surface area contributed by atoms with Gasteiger partial charge in [0, 0.05) is 12.1 Å². The fourth-order valence-corrected chi connectivity index (χ4v) is 4.33. The van der Waals surface area contributed by atoms with Crippen LogP contribution in [0.15, 0.2) is 0 Å². The Kier molecular flexibility index (Phi) is 5.77. The first-order valence-corrected chi connectivity index (χ1v) is 7.27. The number of likely N-dealkylation sites (tertiary alicyclic amines) is 1. The van der Waals surface area contributed by atoms with E-state index in [2.05, 4.69) is 32.6 Å². The topological polar surface area (TPSA) is 3.24 Å². The Labute approximate surface area is 125 Å². The van der Waals surface area contributed by atoms with Crippen molar-refractivity contribution in [2.24, 2.45) is 11.3 Å². The smallest absolute Gasteiger partial charge is 0.0106 e. The van der Waals surface area contributed by atoms with Crippen LogP contribution in [0.2, 0.25) is 0 Å². The summed E-state index contributed by atoms with van der Waals surface area (Å²) in [5, 5.41) is 0. The molecule has 0 spiro atoms. The maximum Gasteiger partial charge on any atom is 0.0106 e. The van der Waals surface area contributed by atoms with Crippen LogP contribution in [0, 0.1) is 11.3 Å². The van der Waals surface area contributed by atoms with Crippen LogP contribution in [0.3, 0.4) is 0 Å². The summed E-state index contributed by atoms with van der Waals surface area (Å²) >= 11 is 0. The molecule has 1 aliphatic carbocycles. The molecule has 2 rings (SSSR count). The maximum atomic E-state index is 2.84. The zero-order valence-electron chi connectivity index (χ0n) is 12.0. The molecule has 0 N–H and O–H groups in total. The van der Waals surface area contributed by atoms with E-state index in [-0.39, 0.29) is 24.0 Å². The lowest BCUT2D eigenvalue weighted by atomic mass is 9.70. The van der Waals surface area contributed by atoms with Gasteiger partial charge >= 0.3 is 0 Å². The molecular weight excluding hydrogens is 321 g/mol. The SMILES string of the molecule is CCC1CCCN1C1CC(C)CC(C)(C)C1.I. The van der Waals surface area contributed by atoms with Gasteiger partial charge in [-0.15, -0.1) is 24.0 Å². The molecule has 3 atom stereocenters. The van der Waals surface area contributed by atoms with Crippen LogP contribution < -0.4 is 0 Å². The van der Waals surface area contributed by atoms with Crippen LogP contribution in [0.5, 0.6) is 0 Å². The quantitative estimate of drug-likeness (QED) is 0.652. The van der Waals surface area contributed by atoms with Crippen molar-refractivity contribution in [3.8, 4) is 0 Å². The summed E-state index contributed by atoms with van der Waals surface area (Å²) in [6.45, 7) is 11.1. The largest absolute Gasteiger partial charge is 0.297 e. The fourth-order valence-electron chi connectivity index (χ4n) is 4.33. The second-order valence-electron chi connectivity index (χ2n) is 7.01. The molecule has 2 aliphatic rings. The van der Waals surface area contributed by atoms with Gasteiger partial charge in [-0.3, -0.25) is 4.90 Å². The third kappa shape index (κ3) is 3.82. The third-order valence-electron chi connectivity index (χ3n) is 4.73. The standard InChI is InChI=1S/C15H29N.HI/c1-5-13-7-6-8-16(13)14-9-12(2)10-15(3,4)11-14;/h12-14H,5-11H2,1-4H3;1H. The second-order valence-corrected chi connectivity index (χ2v) is 7.01. The molecule has 3 unspecified atom stereocenters. The van der Waals surface area contributed by atoms with Gasteiger partial charge < -0.3 is 0 Å². The van der Waals surface area contributed by atoms with E-state index in [1.54, 1.807) is 0 Å². The Bertz CT molecular complexity index is 239. The minimum atomic E-state index is 0. The zero-order valence-corrected chi connectivity index (χ0v) is 14.4. The van der Waals surface area contributed by atoms with E-state index in [0.717, 1.165) is 18.0 Å². The van der Waals surface area contributed by atoms with Gasteiger partial charge in [-0.25, -0.2) is 0 Å². The highest BCUT2D eigenvalue weighted by Crippen LogP contribution is 2.42. The van der Waals surface area contributed by atoms with Crippen molar-refractivity contribution in [2.75, 3.05) is 6.54 Å². The number of hydrogen-bond acceptors (Lipinski definition) is 1. The monoisotopic (exact) mass is 351 g/mol. The second kappa shape index (κ2) is 6.23. The van der Waals surface area contributed by atoms with Gasteiger partial charge in [0.15, 0.2) is 0 Å². The third-order valence-corrected chi connectivity index (χ3v) is 4.73. The average molecular weight is 351 g/mol. The Hall–Kier alpha value is 0.690. The molecule has 1 aliphatic heterocycles. The number of rotatable bonds is 2. The van der Waals surface area contributed by atoms with Crippen molar-refractivity contribution in [3.05, 3.63) is 0 Å². The molecule has 0 aromatic heterocycles. The number of hydrogen-bond donors (Lipinski definition) is 0. The fraction of sp³-hybridized carbons (Fsp3) is 1.00. The van der Waals surface area contributed by atoms with E-state index in [1.165, 1.54) is 45.1 Å². The minimum Gasteiger partial charge on any atom is -0.297 e. The van der Waals surface area contributed by atoms with Crippen LogP contribution in [0.25, 0.3) is 0 Å². The molecule has 102 valence electrons. The van der Waals surface area contributed by atoms with Gasteiger partial charge in [-0.05, 0) is 56.4 Å². The molecule has 1 heterocycles. The van der Waals surface area contributed by atoms with Crippen LogP contribution in [-0.4, -0.2) is 23.5 Å². The molecule has 2 heteroatoms. The van der Waals surface area contributed by atoms with Crippen molar-refractivity contribution in [1.82, 2.24) is 4.90 Å². The Morgan fingerprint density at radius 3 is 2.53 bits per heavy atom. The minimum absolute atomic E-state index is 0. The Morgan fingerprint density at radius 2 is 1.94 bits per heavy atom. The van der Waals surface area contributed by atoms with Gasteiger partial charge in [-0.1, -0.05) is 27.7 Å². The van der Waals surface area contributed by atoms with E-state index in [1.807, 2.05) is 0 Å². The summed E-state index contributed by atoms with van der Waals surface area (Å²) in [6, 6.07) is 1.78. The van der Waals surface area contributed by atoms with E-state index in [0.29, 0.717) is 5.41 Å². The maximum absolute atomic E-state index is 2.84. The van der Waals surface area contributed by atoms with Crippen LogP contribution in [-0.2, 0) is 0 Å². The van der Waals surface area contributed by atoms with Gasteiger partial charge in [0.05, 0.1) is 0 Å². The van der Waals surface area contributed by atoms with Crippen LogP contribution >= 0.6 is 24.0 Å². The van der Waals surface area contributed by atoms with Crippen molar-refractivity contribution >= 4 is 24.0 Å². The first-order chi connectivity index (χ1) is 7.52. The molecule has 17 heavy (non-hydrogen) atoms. The molecule has 1 saturated carbocycles. The lowest BCUT2D eigenvalue weighted by molar-refractivity contribution is 0.0581. The molecule has 1 nitrogen and oxygen atoms in total. The molecule has 2 fully saturated rings. The van der Waals surface area contributed by atoms with E-state index >= 15 is 0 Å². The lowest BCUT2D eigenvalue weighted by Crippen LogP contribution is -2.45. The highest BCUT2D eigenvalue weighted by atomic mass is 127. The highest BCUT2D eigenvalue weighted by Gasteiger charge is 2.38. The molecule has 0 bridgehead atoms. The molecule has 0 radical (unpaired) electrons. The first kappa shape index (κ1) is 15.7. The lowest BCUT2D eigenvalue weighted by Gasteiger charge is -2.44. The average Bonchev–Trinajstić information content (AvgIpc) is 2.61. The van der Waals surface area contributed by atoms with E-state index in [4.69, 9.17) is 0 Å². The van der Waals surface area contributed by atoms with Gasteiger partial charge in [0.25, 0.3) is 0 Å². The predicted octanol–water partition coefficient (Wildman–Crippen LogP) is 4.69. The van der Waals surface area contributed by atoms with Crippen LogP contribution in [0.1, 0.15) is 66.2 Å². The van der Waals surface area contributed by atoms with Crippen molar-refractivity contribution in [1.29, 1.82) is 0 Å². The van der Waals surface area contributed by atoms with E-state index in [9.17, 15) is 0 Å². The summed E-state index contributed by atoms with van der Waals surface area (Å²) in [4.78, 5) is 2.84. The van der Waals surface area contributed by atoms with E-state index < -0.39 is 0 Å². The highest BCUT2D eigenvalue weighted by molar-refractivity contribution is 14.0. The summed E-state index contributed by atoms with van der Waals surface area (Å²) in [7, 11) is 0. The Balaban J connectivity index is 0.00000144. The normalized spacial score (nSPS) is 37.8. The zero-order chi connectivity index (χ0) is 11.8. The molecule has 0 aromatic carbocycles. The Morgan fingerprint density at radius 1 is 1.24 bits per heavy atom. The molecule has 0 aromatic rings. The number of halogens is 1. The van der Waals surface area contributed by atoms with Crippen molar-refractivity contribution in [3.63, 3.8) is 0 Å². The predicted molar refractivity (Wildman–Crippen MR) is 86.0 cm³/mol. The van der Waals surface area contributed by atoms with Gasteiger partial charge in [0.2, 0.25) is 0 Å². The van der Waals surface area contributed by atoms with Crippen LogP contribution in [0.4, 0.5) is 0 Å². The first-order valence-electron chi connectivity index (χ1n) is 7.27. The summed E-state index contributed by atoms with van der Waals surface area (Å²) in [5.74, 6) is 0.923. The molecule has 1 saturated heterocycles. The summed E-state index contributed by atoms with van der Waals surface area (Å²) in [5.41, 5.74) is 0.573. The molecule has 0 amide bonds. The van der Waals surface area contributed by atoms with Crippen molar-refractivity contribution in [2.45, 2.75) is 78.3 Å². The summed E-state index contributed by atoms with van der Waals surface area (Å²) in [6.07, 6.45) is 8.53. The van der Waals surface area contributed by atoms with Gasteiger partial charge in [-0.2, -0.15) is 0 Å². The number of nitrogens with zero attached hydrogens (tertiary/aromatic N) is 1. The van der Waals surface area contributed by atoms with Crippen molar-refractivity contribution < 1.29 is 0 Å². The van der Waals surface area contributed by atoms with Gasteiger partial charge in [0.1, 0.15) is 0 Å².